The van der Waals surface area contributed by atoms with E-state index in [0.29, 0.717) is 11.4 Å². The summed E-state index contributed by atoms with van der Waals surface area (Å²) in [6.45, 7) is 14.5. The van der Waals surface area contributed by atoms with Gasteiger partial charge in [0.1, 0.15) is 0 Å². The monoisotopic (exact) mass is 608 g/mol. The van der Waals surface area contributed by atoms with Gasteiger partial charge in [0.2, 0.25) is 0 Å². The van der Waals surface area contributed by atoms with Crippen LogP contribution in [0.15, 0.2) is 60.7 Å². The summed E-state index contributed by atoms with van der Waals surface area (Å²) < 4.78 is 0. The number of fused-ring (bicyclic) bond motifs is 2. The van der Waals surface area contributed by atoms with Gasteiger partial charge in [0, 0.05) is 226 Å². The van der Waals surface area contributed by atoms with E-state index in [9.17, 15) is 0 Å². The topological polar surface area (TPSA) is 8.72 Å². The molecule has 0 N–H and O–H groups in total. The quantitative estimate of drug-likeness (QED) is 0.192. The van der Waals surface area contributed by atoms with Gasteiger partial charge in [0.25, 0.3) is 0 Å². The summed E-state index contributed by atoms with van der Waals surface area (Å²) in [7, 11) is 5.66. The van der Waals surface area contributed by atoms with E-state index in [1.54, 1.807) is 0 Å². The molecule has 0 fully saturated rings. The smallest absolute Gasteiger partial charge is 0.187 e. The maximum atomic E-state index is 7.25. The second-order valence-corrected chi connectivity index (χ2v) is 7.34. The minimum absolute atomic E-state index is 0. The molecular weight excluding hydrogens is 594 g/mol. The molecule has 0 aliphatic rings. The van der Waals surface area contributed by atoms with Crippen LogP contribution in [0.2, 0.25) is 0 Å². The summed E-state index contributed by atoms with van der Waals surface area (Å²) in [4.78, 5) is 7.09. The maximum absolute atomic E-state index is 7.25. The first kappa shape index (κ1) is 41.3. The molecule has 32 heavy (non-hydrogen) atoms. The second kappa shape index (κ2) is 19.8. The Hall–Kier alpha value is 4.80. The van der Waals surface area contributed by atoms with Crippen LogP contribution in [0, 0.1) is 240 Å². The Bertz CT molecular complexity index is 1200. The van der Waals surface area contributed by atoms with Gasteiger partial charge in [-0.2, -0.15) is 0 Å². The van der Waals surface area contributed by atoms with Crippen molar-refractivity contribution in [3.8, 4) is 11.1 Å². The average Bonchev–Trinajstić information content (AvgIpc) is 2.68. The molecule has 4 rings (SSSR count). The van der Waals surface area contributed by atoms with Crippen LogP contribution in [0.1, 0.15) is 0 Å². The van der Waals surface area contributed by atoms with Crippen molar-refractivity contribution in [3.63, 3.8) is 0 Å². The van der Waals surface area contributed by atoms with Crippen LogP contribution in [0.3, 0.4) is 0 Å². The Balaban J connectivity index is -0.00000140. The van der Waals surface area contributed by atoms with E-state index in [0.717, 1.165) is 43.3 Å². The van der Waals surface area contributed by atoms with Crippen LogP contribution < -0.4 is 10.6 Å². The molecule has 2 nitrogen and oxygen atoms in total. The van der Waals surface area contributed by atoms with Crippen molar-refractivity contribution in [2.45, 2.75) is 0 Å². The molecule has 0 spiro atoms. The Morgan fingerprint density at radius 1 is 0.500 bits per heavy atom. The Labute approximate surface area is 373 Å². The van der Waals surface area contributed by atoms with Gasteiger partial charge in [-0.05, 0) is 55.4 Å². The van der Waals surface area contributed by atoms with Gasteiger partial charge < -0.3 is 0 Å². The van der Waals surface area contributed by atoms with Crippen LogP contribution in [0.25, 0.3) is 42.4 Å². The summed E-state index contributed by atoms with van der Waals surface area (Å²) in [6, 6.07) is 19.9. The molecule has 0 heterocycles. The van der Waals surface area contributed by atoms with Crippen molar-refractivity contribution < 1.29 is 226 Å². The largest absolute Gasteiger partial charge is 0.238 e. The fourth-order valence-electron chi connectivity index (χ4n) is 3.37. The maximum Gasteiger partial charge on any atom is 0.187 e. The standard InChI is InChI=1S/C22H14N2P2.6Ar/c1-23-15-5-7-17-13(11-15)3-9-19(25)21(17)22-18-8-6-16(24-2)12-14(18)4-10-20(22)26;;;;;;/h3-12H,25-26H2;;;;;;. The molecule has 0 aliphatic carbocycles. The van der Waals surface area contributed by atoms with E-state index >= 15 is 0 Å². The molecule has 0 saturated heterocycles. The van der Waals surface area contributed by atoms with Crippen molar-refractivity contribution in [1.29, 1.82) is 0 Å². The van der Waals surface area contributed by atoms with Gasteiger partial charge in [-0.3, -0.25) is 0 Å². The van der Waals surface area contributed by atoms with Gasteiger partial charge in [0.05, 0.1) is 13.1 Å². The first-order valence-electron chi connectivity index (χ1n) is 8.02. The Morgan fingerprint density at radius 2 is 0.844 bits per heavy atom. The predicted octanol–water partition coefficient (Wildman–Crippen LogP) is 5.76. The van der Waals surface area contributed by atoms with Gasteiger partial charge in [-0.1, -0.05) is 48.5 Å². The van der Waals surface area contributed by atoms with Crippen LogP contribution in [0.4, 0.5) is 11.4 Å². The first-order valence-corrected chi connectivity index (χ1v) is 9.17. The van der Waals surface area contributed by atoms with Crippen molar-refractivity contribution in [3.05, 3.63) is 83.5 Å². The molecule has 0 bridgehead atoms. The second-order valence-electron chi connectivity index (χ2n) is 6.09. The van der Waals surface area contributed by atoms with E-state index in [4.69, 9.17) is 13.1 Å². The molecule has 0 radical (unpaired) electrons. The summed E-state index contributed by atoms with van der Waals surface area (Å²) in [5.74, 6) is 0. The third-order valence-corrected chi connectivity index (χ3v) is 5.54. The van der Waals surface area contributed by atoms with Crippen molar-refractivity contribution in [1.82, 2.24) is 0 Å². The third kappa shape index (κ3) is 9.47. The minimum Gasteiger partial charge on any atom is -0.238 e. The van der Waals surface area contributed by atoms with Crippen LogP contribution >= 0.6 is 18.5 Å². The zero-order valence-electron chi connectivity index (χ0n) is 15.9. The summed E-state index contributed by atoms with van der Waals surface area (Å²) in [5.41, 5.74) is 3.58. The summed E-state index contributed by atoms with van der Waals surface area (Å²) in [6.07, 6.45) is 0. The minimum atomic E-state index is 0. The Morgan fingerprint density at radius 3 is 1.16 bits per heavy atom. The van der Waals surface area contributed by atoms with E-state index in [2.05, 4.69) is 52.4 Å². The molecule has 0 amide bonds. The van der Waals surface area contributed by atoms with Crippen LogP contribution in [0.5, 0.6) is 0 Å². The number of benzene rings is 4. The summed E-state index contributed by atoms with van der Waals surface area (Å²) >= 11 is 0. The van der Waals surface area contributed by atoms with Crippen LogP contribution in [-0.4, -0.2) is 0 Å². The molecule has 10 heteroatoms. The zero-order chi connectivity index (χ0) is 18.3. The average molecular weight is 608 g/mol. The van der Waals surface area contributed by atoms with Gasteiger partial charge in [0.15, 0.2) is 11.4 Å². The molecule has 4 aromatic carbocycles. The number of nitrogens with zero attached hydrogens (tertiary/aromatic N) is 2. The van der Waals surface area contributed by atoms with Crippen molar-refractivity contribution in [2.75, 3.05) is 0 Å². The zero-order valence-corrected chi connectivity index (χ0v) is 22.5. The molecule has 170 valence electrons. The first-order chi connectivity index (χ1) is 12.6. The fourth-order valence-corrected chi connectivity index (χ4v) is 4.16. The normalized spacial score (nSPS) is 8.62. The predicted molar refractivity (Wildman–Crippen MR) is 118 cm³/mol. The van der Waals surface area contributed by atoms with E-state index in [-0.39, 0.29) is 226 Å². The molecule has 4 aromatic rings. The van der Waals surface area contributed by atoms with Crippen molar-refractivity contribution in [2.24, 2.45) is 0 Å². The van der Waals surface area contributed by atoms with Crippen LogP contribution in [-0.2, 0) is 0 Å². The molecule has 0 saturated carbocycles. The molecule has 2 unspecified atom stereocenters. The number of rotatable bonds is 1. The molecule has 0 aliphatic heterocycles. The molecular formula is C22H14Ar6N2P2. The fraction of sp³-hybridized carbons (Fsp3) is 0. The third-order valence-electron chi connectivity index (χ3n) is 4.58. The van der Waals surface area contributed by atoms with Gasteiger partial charge >= 0.3 is 0 Å². The SMILES string of the molecule is [Ar].[Ar].[Ar].[Ar].[Ar].[Ar].[C-]#[N+]c1ccc2c(-c3c(P)ccc4cc([N+]#[C-])ccc34)c(P)ccc2c1. The van der Waals surface area contributed by atoms with Gasteiger partial charge in [-0.15, -0.1) is 18.5 Å². The molecule has 0 aromatic heterocycles. The Kier molecular flexibility index (Phi) is 25.5. The number of hydrogen-bond donors (Lipinski definition) is 0. The molecule has 2 atom stereocenters. The summed E-state index contributed by atoms with van der Waals surface area (Å²) in [5, 5.41) is 6.57. The number of hydrogen-bond acceptors (Lipinski definition) is 0. The van der Waals surface area contributed by atoms with Gasteiger partial charge in [-0.25, -0.2) is 9.69 Å². The van der Waals surface area contributed by atoms with E-state index < -0.39 is 0 Å². The van der Waals surface area contributed by atoms with Crippen molar-refractivity contribution >= 4 is 62.0 Å². The van der Waals surface area contributed by atoms with E-state index in [1.165, 1.54) is 0 Å². The van der Waals surface area contributed by atoms with E-state index in [1.807, 2.05) is 36.4 Å².